The fraction of sp³-hybridized carbons (Fsp3) is 0.714. The number of ether oxygens (including phenoxy) is 2. The summed E-state index contributed by atoms with van der Waals surface area (Å²) in [6.07, 6.45) is 4.11. The molecule has 0 aromatic rings. The van der Waals surface area contributed by atoms with Crippen LogP contribution in [0.3, 0.4) is 0 Å². The summed E-state index contributed by atoms with van der Waals surface area (Å²) < 4.78 is 10.6. The number of halogens is 1. The minimum Gasteiger partial charge on any atom is -0.465 e. The van der Waals surface area contributed by atoms with Gasteiger partial charge in [0.05, 0.1) is 18.1 Å². The molecule has 9 heteroatoms. The number of hydrogen-bond acceptors (Lipinski definition) is 7. The van der Waals surface area contributed by atoms with Gasteiger partial charge in [-0.1, -0.05) is 11.6 Å². The molecule has 1 amide bonds. The lowest BCUT2D eigenvalue weighted by Gasteiger charge is -2.32. The molecule has 2 rings (SSSR count). The van der Waals surface area contributed by atoms with Crippen LogP contribution < -0.4 is 5.73 Å². The number of carbonyl (C=O) groups excluding carboxylic acids is 2. The van der Waals surface area contributed by atoms with Crippen LogP contribution in [-0.2, 0) is 14.3 Å². The summed E-state index contributed by atoms with van der Waals surface area (Å²) >= 11 is 6.23. The van der Waals surface area contributed by atoms with Crippen LogP contribution in [0.1, 0.15) is 53.4 Å². The van der Waals surface area contributed by atoms with Gasteiger partial charge in [0.15, 0.2) is 0 Å². The molecule has 2 aliphatic rings. The average molecular weight is 443 g/mol. The Morgan fingerprint density at radius 2 is 1.83 bits per heavy atom. The van der Waals surface area contributed by atoms with Gasteiger partial charge in [0.1, 0.15) is 10.8 Å². The fourth-order valence-corrected chi connectivity index (χ4v) is 3.37. The Balaban J connectivity index is 0.00000218. The van der Waals surface area contributed by atoms with Gasteiger partial charge < -0.3 is 20.1 Å². The summed E-state index contributed by atoms with van der Waals surface area (Å²) in [5.74, 6) is -0.294. The van der Waals surface area contributed by atoms with Gasteiger partial charge >= 0.3 is 12.1 Å². The molecule has 2 fully saturated rings. The summed E-state index contributed by atoms with van der Waals surface area (Å²) in [6, 6.07) is 0.0426. The number of nitrogens with two attached hydrogens (primary N) is 1. The Bertz CT molecular complexity index is 673. The number of piperidine rings is 1. The van der Waals surface area contributed by atoms with Gasteiger partial charge in [-0.15, -0.1) is 0 Å². The minimum atomic E-state index is -0.755. The average Bonchev–Trinajstić information content (AvgIpc) is 3.50. The van der Waals surface area contributed by atoms with Gasteiger partial charge in [-0.3, -0.25) is 14.8 Å². The van der Waals surface area contributed by atoms with Crippen molar-refractivity contribution in [1.29, 1.82) is 0 Å². The number of amides is 1. The Morgan fingerprint density at radius 3 is 2.27 bits per heavy atom. The molecule has 0 aromatic heterocycles. The Kier molecular flexibility index (Phi) is 9.97. The first-order valence-corrected chi connectivity index (χ1v) is 10.6. The maximum absolute atomic E-state index is 12.4. The molecule has 0 unspecified atom stereocenters. The molecule has 170 valence electrons. The molecular formula is C21H35ClN4O4. The standard InChI is InChI=1S/C20H30ClN3O4.CH5N/c1-6-27-17(25)20(9-10-20)15(16(21)22-5)13-23-14-7-11-24(12-8-14)18(26)28-19(2,3)4;1-2/h13-14H,5-12H2,1-4H3;2H2,1H3/b16-15+,23-13?;. The van der Waals surface area contributed by atoms with E-state index in [0.717, 1.165) is 0 Å². The topological polar surface area (TPSA) is 107 Å². The number of esters is 1. The fourth-order valence-electron chi connectivity index (χ4n) is 3.14. The highest BCUT2D eigenvalue weighted by Gasteiger charge is 2.55. The number of likely N-dealkylation sites (tertiary alicyclic amines) is 1. The van der Waals surface area contributed by atoms with Crippen LogP contribution in [0.4, 0.5) is 4.79 Å². The van der Waals surface area contributed by atoms with Crippen molar-refractivity contribution in [3.05, 3.63) is 10.7 Å². The smallest absolute Gasteiger partial charge is 0.410 e. The molecular weight excluding hydrogens is 408 g/mol. The molecule has 2 N–H and O–H groups in total. The maximum atomic E-state index is 12.4. The maximum Gasteiger partial charge on any atom is 0.410 e. The summed E-state index contributed by atoms with van der Waals surface area (Å²) in [5.41, 5.74) is 3.80. The number of aliphatic imine (C=N–C) groups is 2. The second kappa shape index (κ2) is 11.5. The summed E-state index contributed by atoms with van der Waals surface area (Å²) in [7, 11) is 1.50. The molecule has 0 radical (unpaired) electrons. The van der Waals surface area contributed by atoms with Gasteiger partial charge in [-0.25, -0.2) is 4.79 Å². The van der Waals surface area contributed by atoms with Crippen molar-refractivity contribution in [2.75, 3.05) is 26.7 Å². The highest BCUT2D eigenvalue weighted by atomic mass is 35.5. The minimum absolute atomic E-state index is 0.0426. The molecule has 1 heterocycles. The molecule has 1 saturated heterocycles. The van der Waals surface area contributed by atoms with Crippen LogP contribution in [0.25, 0.3) is 0 Å². The zero-order valence-electron chi connectivity index (χ0n) is 18.7. The Morgan fingerprint density at radius 1 is 1.27 bits per heavy atom. The zero-order valence-corrected chi connectivity index (χ0v) is 19.5. The third-order valence-corrected chi connectivity index (χ3v) is 5.15. The van der Waals surface area contributed by atoms with Gasteiger partial charge in [0, 0.05) is 24.9 Å². The summed E-state index contributed by atoms with van der Waals surface area (Å²) in [5, 5.41) is 0.181. The Labute approximate surface area is 184 Å². The first kappa shape index (κ1) is 26.1. The highest BCUT2D eigenvalue weighted by Crippen LogP contribution is 2.53. The monoisotopic (exact) mass is 442 g/mol. The predicted octanol–water partition coefficient (Wildman–Crippen LogP) is 3.53. The van der Waals surface area contributed by atoms with E-state index in [1.807, 2.05) is 20.8 Å². The van der Waals surface area contributed by atoms with Crippen molar-refractivity contribution < 1.29 is 19.1 Å². The first-order chi connectivity index (χ1) is 14.1. The van der Waals surface area contributed by atoms with Gasteiger partial charge in [0.2, 0.25) is 0 Å². The SMILES string of the molecule is C=N/C(Cl)=C(\C=NC1CCN(C(=O)OC(C)(C)C)CC1)C1(C(=O)OCC)CC1.CN. The number of carbonyl (C=O) groups is 2. The van der Waals surface area contributed by atoms with Gasteiger partial charge in [0.25, 0.3) is 0 Å². The van der Waals surface area contributed by atoms with E-state index in [2.05, 4.69) is 22.4 Å². The van der Waals surface area contributed by atoms with Crippen LogP contribution in [-0.4, -0.2) is 68.3 Å². The quantitative estimate of drug-likeness (QED) is 0.384. The number of hydrogen-bond donors (Lipinski definition) is 1. The van der Waals surface area contributed by atoms with Crippen LogP contribution >= 0.6 is 11.6 Å². The van der Waals surface area contributed by atoms with Crippen molar-refractivity contribution >= 4 is 36.6 Å². The van der Waals surface area contributed by atoms with Crippen molar-refractivity contribution in [1.82, 2.24) is 4.90 Å². The molecule has 0 aromatic carbocycles. The molecule has 1 saturated carbocycles. The molecule has 30 heavy (non-hydrogen) atoms. The lowest BCUT2D eigenvalue weighted by Crippen LogP contribution is -2.42. The van der Waals surface area contributed by atoms with E-state index in [0.29, 0.717) is 51.0 Å². The van der Waals surface area contributed by atoms with Crippen molar-refractivity contribution in [3.8, 4) is 0 Å². The third kappa shape index (κ3) is 7.09. The largest absolute Gasteiger partial charge is 0.465 e. The van der Waals surface area contributed by atoms with Crippen LogP contribution in [0.2, 0.25) is 0 Å². The molecule has 1 aliphatic heterocycles. The van der Waals surface area contributed by atoms with Crippen LogP contribution in [0, 0.1) is 5.41 Å². The van der Waals surface area contributed by atoms with Gasteiger partial charge in [-0.2, -0.15) is 0 Å². The number of rotatable bonds is 6. The van der Waals surface area contributed by atoms with Crippen molar-refractivity contribution in [3.63, 3.8) is 0 Å². The highest BCUT2D eigenvalue weighted by molar-refractivity contribution is 6.31. The van der Waals surface area contributed by atoms with Gasteiger partial charge in [-0.05, 0) is 67.1 Å². The van der Waals surface area contributed by atoms with E-state index >= 15 is 0 Å². The third-order valence-electron chi connectivity index (χ3n) is 4.82. The summed E-state index contributed by atoms with van der Waals surface area (Å²) in [4.78, 5) is 34.7. The first-order valence-electron chi connectivity index (χ1n) is 10.3. The van der Waals surface area contributed by atoms with E-state index in [-0.39, 0.29) is 23.3 Å². The molecule has 8 nitrogen and oxygen atoms in total. The second-order valence-corrected chi connectivity index (χ2v) is 8.50. The Hall–Kier alpha value is -1.93. The summed E-state index contributed by atoms with van der Waals surface area (Å²) in [6.45, 7) is 12.3. The lowest BCUT2D eigenvalue weighted by molar-refractivity contribution is -0.147. The van der Waals surface area contributed by atoms with E-state index < -0.39 is 11.0 Å². The lowest BCUT2D eigenvalue weighted by atomic mass is 9.97. The molecule has 0 spiro atoms. The van der Waals surface area contributed by atoms with Crippen molar-refractivity contribution in [2.24, 2.45) is 21.1 Å². The number of nitrogens with zero attached hydrogens (tertiary/aromatic N) is 3. The molecule has 1 aliphatic carbocycles. The van der Waals surface area contributed by atoms with Crippen LogP contribution in [0.5, 0.6) is 0 Å². The van der Waals surface area contributed by atoms with E-state index in [4.69, 9.17) is 21.1 Å². The van der Waals surface area contributed by atoms with E-state index in [9.17, 15) is 9.59 Å². The molecule has 0 atom stereocenters. The normalized spacial score (nSPS) is 19.4. The van der Waals surface area contributed by atoms with E-state index in [1.54, 1.807) is 18.0 Å². The zero-order chi connectivity index (χ0) is 22.9. The van der Waals surface area contributed by atoms with Crippen molar-refractivity contribution in [2.45, 2.75) is 65.0 Å². The second-order valence-electron chi connectivity index (χ2n) is 8.14. The molecule has 0 bridgehead atoms. The predicted molar refractivity (Wildman–Crippen MR) is 120 cm³/mol. The van der Waals surface area contributed by atoms with Crippen LogP contribution in [0.15, 0.2) is 20.7 Å². The van der Waals surface area contributed by atoms with E-state index in [1.165, 1.54) is 7.05 Å².